The Morgan fingerprint density at radius 3 is 2.52 bits per heavy atom. The summed E-state index contributed by atoms with van der Waals surface area (Å²) in [6, 6.07) is 11.0. The normalized spacial score (nSPS) is 16.6. The van der Waals surface area contributed by atoms with Gasteiger partial charge in [0.25, 0.3) is 11.8 Å². The summed E-state index contributed by atoms with van der Waals surface area (Å²) < 4.78 is 0. The van der Waals surface area contributed by atoms with Crippen LogP contribution in [0.4, 0.5) is 0 Å². The number of nitrogens with one attached hydrogen (secondary N) is 1. The number of carbonyl (C=O) groups is 3. The third-order valence-corrected chi connectivity index (χ3v) is 5.73. The molecule has 0 spiro atoms. The number of nitrogens with two attached hydrogens (primary N) is 1. The first kappa shape index (κ1) is 21.0. The van der Waals surface area contributed by atoms with Crippen LogP contribution in [0.3, 0.4) is 0 Å². The van der Waals surface area contributed by atoms with Crippen molar-refractivity contribution in [3.63, 3.8) is 0 Å². The Kier molecular flexibility index (Phi) is 7.00. The Morgan fingerprint density at radius 2 is 1.86 bits per heavy atom. The lowest BCUT2D eigenvalue weighted by molar-refractivity contribution is -0.148. The largest absolute Gasteiger partial charge is 0.351 e. The summed E-state index contributed by atoms with van der Waals surface area (Å²) in [4.78, 5) is 43.0. The van der Waals surface area contributed by atoms with Gasteiger partial charge in [-0.15, -0.1) is 11.3 Å². The molecule has 2 heterocycles. The number of rotatable bonds is 6. The number of nitrogens with zero attached hydrogens (tertiary/aromatic N) is 2. The molecule has 1 fully saturated rings. The van der Waals surface area contributed by atoms with Gasteiger partial charge in [0.1, 0.15) is 0 Å². The van der Waals surface area contributed by atoms with E-state index in [0.717, 1.165) is 10.4 Å². The van der Waals surface area contributed by atoms with Crippen molar-refractivity contribution in [3.8, 4) is 0 Å². The van der Waals surface area contributed by atoms with Crippen LogP contribution in [0.15, 0.2) is 41.8 Å². The van der Waals surface area contributed by atoms with Gasteiger partial charge in [-0.3, -0.25) is 14.4 Å². The Bertz CT molecular complexity index is 851. The maximum absolute atomic E-state index is 13.2. The SMILES string of the molecule is Cc1ccc(C(=O)N2CCCN(C(=O)Cc3cccs3)C2C(=O)NCCN)cc1. The molecule has 3 rings (SSSR count). The number of hydrogen-bond acceptors (Lipinski definition) is 5. The predicted molar refractivity (Wildman–Crippen MR) is 112 cm³/mol. The van der Waals surface area contributed by atoms with E-state index in [9.17, 15) is 14.4 Å². The van der Waals surface area contributed by atoms with E-state index in [0.29, 0.717) is 25.1 Å². The van der Waals surface area contributed by atoms with E-state index in [1.807, 2.05) is 36.6 Å². The molecule has 1 atom stereocenters. The van der Waals surface area contributed by atoms with Crippen LogP contribution >= 0.6 is 11.3 Å². The molecule has 1 saturated heterocycles. The first-order valence-corrected chi connectivity index (χ1v) is 10.6. The van der Waals surface area contributed by atoms with E-state index in [4.69, 9.17) is 5.73 Å². The van der Waals surface area contributed by atoms with Gasteiger partial charge in [-0.2, -0.15) is 0 Å². The van der Waals surface area contributed by atoms with E-state index in [1.54, 1.807) is 12.1 Å². The molecule has 0 bridgehead atoms. The fourth-order valence-corrected chi connectivity index (χ4v) is 4.09. The lowest BCUT2D eigenvalue weighted by Crippen LogP contribution is -2.64. The molecule has 3 N–H and O–H groups in total. The van der Waals surface area contributed by atoms with Gasteiger partial charge < -0.3 is 20.9 Å². The number of thiophene rings is 1. The summed E-state index contributed by atoms with van der Waals surface area (Å²) in [5.74, 6) is -0.802. The zero-order valence-corrected chi connectivity index (χ0v) is 17.3. The van der Waals surface area contributed by atoms with Crippen molar-refractivity contribution in [2.75, 3.05) is 26.2 Å². The zero-order valence-electron chi connectivity index (χ0n) is 16.5. The fourth-order valence-electron chi connectivity index (χ4n) is 3.39. The number of amides is 3. The molecule has 7 nitrogen and oxygen atoms in total. The standard InChI is InChI=1S/C21H26N4O3S/c1-15-5-7-16(8-6-15)21(28)25-12-3-11-24(20(25)19(27)23-10-9-22)18(26)14-17-4-2-13-29-17/h2,4-8,13,20H,3,9-12,14,22H2,1H3,(H,23,27). The second-order valence-electron chi connectivity index (χ2n) is 7.01. The molecule has 0 saturated carbocycles. The Labute approximate surface area is 174 Å². The van der Waals surface area contributed by atoms with Crippen LogP contribution in [0.2, 0.25) is 0 Å². The molecule has 3 amide bonds. The van der Waals surface area contributed by atoms with Gasteiger partial charge in [-0.05, 0) is 36.9 Å². The number of carbonyl (C=O) groups excluding carboxylic acids is 3. The van der Waals surface area contributed by atoms with E-state index < -0.39 is 6.17 Å². The molecule has 8 heteroatoms. The van der Waals surface area contributed by atoms with Crippen LogP contribution in [-0.4, -0.2) is 59.9 Å². The van der Waals surface area contributed by atoms with Gasteiger partial charge >= 0.3 is 0 Å². The smallest absolute Gasteiger partial charge is 0.263 e. The van der Waals surface area contributed by atoms with Gasteiger partial charge in [0.15, 0.2) is 6.17 Å². The second-order valence-corrected chi connectivity index (χ2v) is 8.05. The molecule has 1 aliphatic heterocycles. The maximum atomic E-state index is 13.2. The van der Waals surface area contributed by atoms with Crippen LogP contribution in [0.25, 0.3) is 0 Å². The van der Waals surface area contributed by atoms with Gasteiger partial charge in [-0.1, -0.05) is 23.8 Å². The molecule has 0 aliphatic carbocycles. The van der Waals surface area contributed by atoms with Crippen LogP contribution in [0.1, 0.15) is 27.2 Å². The minimum atomic E-state index is -0.975. The highest BCUT2D eigenvalue weighted by Gasteiger charge is 2.40. The zero-order chi connectivity index (χ0) is 20.8. The molecule has 1 aliphatic rings. The molecule has 1 aromatic carbocycles. The van der Waals surface area contributed by atoms with Gasteiger partial charge in [0, 0.05) is 36.6 Å². The first-order chi connectivity index (χ1) is 14.0. The molecule has 29 heavy (non-hydrogen) atoms. The molecular formula is C21H26N4O3S. The van der Waals surface area contributed by atoms with Crippen LogP contribution < -0.4 is 11.1 Å². The molecule has 0 radical (unpaired) electrons. The number of hydrogen-bond donors (Lipinski definition) is 2. The van der Waals surface area contributed by atoms with E-state index >= 15 is 0 Å². The first-order valence-electron chi connectivity index (χ1n) is 9.68. The average molecular weight is 415 g/mol. The monoisotopic (exact) mass is 414 g/mol. The topological polar surface area (TPSA) is 95.7 Å². The third kappa shape index (κ3) is 5.02. The van der Waals surface area contributed by atoms with Gasteiger partial charge in [-0.25, -0.2) is 0 Å². The minimum absolute atomic E-state index is 0.165. The van der Waals surface area contributed by atoms with Crippen LogP contribution in [0.5, 0.6) is 0 Å². The van der Waals surface area contributed by atoms with Gasteiger partial charge in [0.2, 0.25) is 5.91 Å². The average Bonchev–Trinajstić information content (AvgIpc) is 3.24. The van der Waals surface area contributed by atoms with Crippen molar-refractivity contribution in [1.82, 2.24) is 15.1 Å². The summed E-state index contributed by atoms with van der Waals surface area (Å²) in [6.07, 6.45) is -0.143. The Morgan fingerprint density at radius 1 is 1.14 bits per heavy atom. The van der Waals surface area contributed by atoms with Crippen molar-refractivity contribution in [1.29, 1.82) is 0 Å². The van der Waals surface area contributed by atoms with E-state index in [2.05, 4.69) is 5.32 Å². The minimum Gasteiger partial charge on any atom is -0.351 e. The Balaban J connectivity index is 1.86. The molecule has 1 aromatic heterocycles. The summed E-state index contributed by atoms with van der Waals surface area (Å²) in [6.45, 7) is 3.37. The van der Waals surface area contributed by atoms with Crippen molar-refractivity contribution in [2.24, 2.45) is 5.73 Å². The van der Waals surface area contributed by atoms with Crippen molar-refractivity contribution in [2.45, 2.75) is 25.9 Å². The van der Waals surface area contributed by atoms with Crippen LogP contribution in [-0.2, 0) is 16.0 Å². The third-order valence-electron chi connectivity index (χ3n) is 4.85. The molecular weight excluding hydrogens is 388 g/mol. The molecule has 1 unspecified atom stereocenters. The predicted octanol–water partition coefficient (Wildman–Crippen LogP) is 1.37. The lowest BCUT2D eigenvalue weighted by atomic mass is 10.1. The van der Waals surface area contributed by atoms with E-state index in [-0.39, 0.29) is 37.2 Å². The maximum Gasteiger partial charge on any atom is 0.263 e. The highest BCUT2D eigenvalue weighted by atomic mass is 32.1. The quantitative estimate of drug-likeness (QED) is 0.746. The Hall–Kier alpha value is -2.71. The van der Waals surface area contributed by atoms with Crippen molar-refractivity contribution in [3.05, 3.63) is 57.8 Å². The summed E-state index contributed by atoms with van der Waals surface area (Å²) in [5.41, 5.74) is 7.06. The van der Waals surface area contributed by atoms with Crippen molar-refractivity contribution < 1.29 is 14.4 Å². The lowest BCUT2D eigenvalue weighted by Gasteiger charge is -2.42. The highest BCUT2D eigenvalue weighted by molar-refractivity contribution is 7.10. The van der Waals surface area contributed by atoms with Gasteiger partial charge in [0.05, 0.1) is 6.42 Å². The molecule has 2 aromatic rings. The van der Waals surface area contributed by atoms with Crippen molar-refractivity contribution >= 4 is 29.1 Å². The second kappa shape index (κ2) is 9.67. The van der Waals surface area contributed by atoms with E-state index in [1.165, 1.54) is 21.1 Å². The summed E-state index contributed by atoms with van der Waals surface area (Å²) >= 11 is 1.50. The molecule has 154 valence electrons. The highest BCUT2D eigenvalue weighted by Crippen LogP contribution is 2.21. The summed E-state index contributed by atoms with van der Waals surface area (Å²) in [7, 11) is 0. The number of benzene rings is 1. The van der Waals surface area contributed by atoms with Crippen LogP contribution in [0, 0.1) is 6.92 Å². The summed E-state index contributed by atoms with van der Waals surface area (Å²) in [5, 5.41) is 4.66. The number of aryl methyl sites for hydroxylation is 1. The fraction of sp³-hybridized carbons (Fsp3) is 0.381.